The molecule has 0 radical (unpaired) electrons. The van der Waals surface area contributed by atoms with E-state index < -0.39 is 15.6 Å². The molecule has 0 saturated heterocycles. The van der Waals surface area contributed by atoms with Gasteiger partial charge in [0.15, 0.2) is 0 Å². The van der Waals surface area contributed by atoms with E-state index in [0.29, 0.717) is 11.1 Å². The van der Waals surface area contributed by atoms with Gasteiger partial charge in [-0.15, -0.1) is 0 Å². The van der Waals surface area contributed by atoms with Gasteiger partial charge in [-0.05, 0) is 51.5 Å². The van der Waals surface area contributed by atoms with Gasteiger partial charge in [0.2, 0.25) is 10.0 Å². The normalized spacial score (nSPS) is 12.2. The second kappa shape index (κ2) is 4.47. The minimum atomic E-state index is -3.53. The van der Waals surface area contributed by atoms with E-state index in [1.54, 1.807) is 33.8 Å². The molecule has 1 aromatic carbocycles. The molecule has 5 heteroatoms. The Hall–Kier alpha value is -1.38. The zero-order chi connectivity index (χ0) is 13.3. The number of aryl methyl sites for hydroxylation is 1. The van der Waals surface area contributed by atoms with Crippen LogP contribution in [0.2, 0.25) is 0 Å². The molecule has 0 atom stereocenters. The van der Waals surface area contributed by atoms with Crippen molar-refractivity contribution in [3.63, 3.8) is 0 Å². The van der Waals surface area contributed by atoms with Crippen molar-refractivity contribution in [2.45, 2.75) is 38.1 Å². The Labute approximate surface area is 102 Å². The summed E-state index contributed by atoms with van der Waals surface area (Å²) in [4.78, 5) is 0.214. The van der Waals surface area contributed by atoms with Gasteiger partial charge in [-0.3, -0.25) is 0 Å². The Balaban J connectivity index is 3.22. The molecule has 1 rings (SSSR count). The summed E-state index contributed by atoms with van der Waals surface area (Å²) in [7, 11) is -3.53. The van der Waals surface area contributed by atoms with Crippen LogP contribution >= 0.6 is 0 Å². The maximum atomic E-state index is 12.1. The van der Waals surface area contributed by atoms with Crippen LogP contribution in [0.3, 0.4) is 0 Å². The molecule has 1 aromatic rings. The van der Waals surface area contributed by atoms with E-state index in [4.69, 9.17) is 5.26 Å². The molecule has 92 valence electrons. The zero-order valence-electron chi connectivity index (χ0n) is 10.4. The van der Waals surface area contributed by atoms with Crippen LogP contribution in [-0.2, 0) is 10.0 Å². The van der Waals surface area contributed by atoms with Crippen LogP contribution in [-0.4, -0.2) is 14.0 Å². The first kappa shape index (κ1) is 13.7. The molecule has 1 N–H and O–H groups in total. The van der Waals surface area contributed by atoms with Crippen molar-refractivity contribution >= 4 is 10.0 Å². The Morgan fingerprint density at radius 2 is 1.88 bits per heavy atom. The lowest BCUT2D eigenvalue weighted by Gasteiger charge is -2.21. The van der Waals surface area contributed by atoms with E-state index in [1.165, 1.54) is 12.1 Å². The van der Waals surface area contributed by atoms with Crippen molar-refractivity contribution in [3.8, 4) is 6.07 Å². The van der Waals surface area contributed by atoms with Gasteiger partial charge < -0.3 is 0 Å². The van der Waals surface area contributed by atoms with Crippen LogP contribution < -0.4 is 4.72 Å². The fourth-order valence-electron chi connectivity index (χ4n) is 1.48. The smallest absolute Gasteiger partial charge is 0.207 e. The van der Waals surface area contributed by atoms with E-state index in [1.807, 2.05) is 6.07 Å². The summed E-state index contributed by atoms with van der Waals surface area (Å²) in [6, 6.07) is 6.51. The maximum Gasteiger partial charge on any atom is 0.241 e. The van der Waals surface area contributed by atoms with Crippen LogP contribution in [0.4, 0.5) is 0 Å². The Morgan fingerprint density at radius 3 is 2.29 bits per heavy atom. The van der Waals surface area contributed by atoms with Gasteiger partial charge in [-0.2, -0.15) is 5.26 Å². The standard InChI is InChI=1S/C12H16N2O2S/c1-9-7-10(8-13)5-6-11(9)17(15,16)14-12(2,3)4/h5-7,14H,1-4H3. The van der Waals surface area contributed by atoms with E-state index >= 15 is 0 Å². The Kier molecular flexibility index (Phi) is 3.60. The van der Waals surface area contributed by atoms with Crippen molar-refractivity contribution in [2.24, 2.45) is 0 Å². The third-order valence-corrected chi connectivity index (χ3v) is 3.95. The number of nitrogens with zero attached hydrogens (tertiary/aromatic N) is 1. The van der Waals surface area contributed by atoms with Crippen LogP contribution in [0.1, 0.15) is 31.9 Å². The lowest BCUT2D eigenvalue weighted by molar-refractivity contribution is 0.491. The summed E-state index contributed by atoms with van der Waals surface area (Å²) >= 11 is 0. The fraction of sp³-hybridized carbons (Fsp3) is 0.417. The summed E-state index contributed by atoms with van der Waals surface area (Å²) in [6.07, 6.45) is 0. The molecule has 0 spiro atoms. The van der Waals surface area contributed by atoms with Crippen molar-refractivity contribution in [3.05, 3.63) is 29.3 Å². The van der Waals surface area contributed by atoms with Gasteiger partial charge in [0.05, 0.1) is 16.5 Å². The molecule has 0 bridgehead atoms. The summed E-state index contributed by atoms with van der Waals surface area (Å²) in [5.41, 5.74) is 0.497. The molecule has 4 nitrogen and oxygen atoms in total. The van der Waals surface area contributed by atoms with Crippen molar-refractivity contribution < 1.29 is 8.42 Å². The number of hydrogen-bond donors (Lipinski definition) is 1. The van der Waals surface area contributed by atoms with Crippen molar-refractivity contribution in [1.29, 1.82) is 5.26 Å². The molecular formula is C12H16N2O2S. The Bertz CT molecular complexity index is 563. The van der Waals surface area contributed by atoms with Crippen LogP contribution in [0.5, 0.6) is 0 Å². The number of nitriles is 1. The van der Waals surface area contributed by atoms with Gasteiger partial charge in [-0.25, -0.2) is 13.1 Å². The number of sulfonamides is 1. The second-order valence-electron chi connectivity index (χ2n) is 4.95. The van der Waals surface area contributed by atoms with E-state index in [2.05, 4.69) is 4.72 Å². The lowest BCUT2D eigenvalue weighted by atomic mass is 10.1. The average Bonchev–Trinajstić information content (AvgIpc) is 2.13. The SMILES string of the molecule is Cc1cc(C#N)ccc1S(=O)(=O)NC(C)(C)C. The minimum absolute atomic E-state index is 0.214. The molecule has 0 aromatic heterocycles. The molecule has 0 unspecified atom stereocenters. The molecule has 17 heavy (non-hydrogen) atoms. The molecule has 0 aliphatic heterocycles. The van der Waals surface area contributed by atoms with Crippen LogP contribution in [0.15, 0.2) is 23.1 Å². The molecule has 0 aliphatic carbocycles. The van der Waals surface area contributed by atoms with Gasteiger partial charge >= 0.3 is 0 Å². The first-order valence-electron chi connectivity index (χ1n) is 5.20. The zero-order valence-corrected chi connectivity index (χ0v) is 11.2. The third kappa shape index (κ3) is 3.55. The van der Waals surface area contributed by atoms with Gasteiger partial charge in [0.1, 0.15) is 0 Å². The fourth-order valence-corrected chi connectivity index (χ4v) is 3.12. The summed E-state index contributed by atoms with van der Waals surface area (Å²) in [5.74, 6) is 0. The van der Waals surface area contributed by atoms with Gasteiger partial charge in [0, 0.05) is 5.54 Å². The maximum absolute atomic E-state index is 12.1. The second-order valence-corrected chi connectivity index (χ2v) is 6.60. The van der Waals surface area contributed by atoms with Gasteiger partial charge in [0.25, 0.3) is 0 Å². The van der Waals surface area contributed by atoms with Gasteiger partial charge in [-0.1, -0.05) is 0 Å². The first-order valence-corrected chi connectivity index (χ1v) is 6.69. The first-order chi connectivity index (χ1) is 7.65. The minimum Gasteiger partial charge on any atom is -0.207 e. The molecule has 0 saturated carbocycles. The molecule has 0 fully saturated rings. The molecular weight excluding hydrogens is 236 g/mol. The van der Waals surface area contributed by atoms with Crippen LogP contribution in [0, 0.1) is 18.3 Å². The highest BCUT2D eigenvalue weighted by Crippen LogP contribution is 2.18. The monoisotopic (exact) mass is 252 g/mol. The van der Waals surface area contributed by atoms with Crippen LogP contribution in [0.25, 0.3) is 0 Å². The van der Waals surface area contributed by atoms with E-state index in [9.17, 15) is 8.42 Å². The van der Waals surface area contributed by atoms with E-state index in [0.717, 1.165) is 0 Å². The largest absolute Gasteiger partial charge is 0.241 e. The molecule has 0 aliphatic rings. The molecule has 0 amide bonds. The summed E-state index contributed by atoms with van der Waals surface area (Å²) in [6.45, 7) is 7.02. The van der Waals surface area contributed by atoms with Crippen molar-refractivity contribution in [2.75, 3.05) is 0 Å². The average molecular weight is 252 g/mol. The third-order valence-electron chi connectivity index (χ3n) is 2.03. The lowest BCUT2D eigenvalue weighted by Crippen LogP contribution is -2.40. The number of benzene rings is 1. The highest BCUT2D eigenvalue weighted by atomic mass is 32.2. The summed E-state index contributed by atoms with van der Waals surface area (Å²) in [5, 5.41) is 8.73. The molecule has 0 heterocycles. The van der Waals surface area contributed by atoms with Crippen molar-refractivity contribution in [1.82, 2.24) is 4.72 Å². The number of rotatable bonds is 2. The summed E-state index contributed by atoms with van der Waals surface area (Å²) < 4.78 is 26.7. The Morgan fingerprint density at radius 1 is 1.29 bits per heavy atom. The predicted octanol–water partition coefficient (Wildman–Crippen LogP) is 1.94. The highest BCUT2D eigenvalue weighted by molar-refractivity contribution is 7.89. The van der Waals surface area contributed by atoms with E-state index in [-0.39, 0.29) is 4.90 Å². The quantitative estimate of drug-likeness (QED) is 0.874. The topological polar surface area (TPSA) is 70.0 Å². The predicted molar refractivity (Wildman–Crippen MR) is 66.0 cm³/mol. The number of hydrogen-bond acceptors (Lipinski definition) is 3. The highest BCUT2D eigenvalue weighted by Gasteiger charge is 2.23. The number of nitrogens with one attached hydrogen (secondary N) is 1.